The highest BCUT2D eigenvalue weighted by Crippen LogP contribution is 2.31. The molecule has 1 aliphatic heterocycles. The molecule has 2 aromatic rings. The van der Waals surface area contributed by atoms with E-state index in [-0.39, 0.29) is 18.5 Å². The van der Waals surface area contributed by atoms with E-state index in [4.69, 9.17) is 38.4 Å². The van der Waals surface area contributed by atoms with Gasteiger partial charge in [0.2, 0.25) is 0 Å². The Labute approximate surface area is 169 Å². The highest BCUT2D eigenvalue weighted by molar-refractivity contribution is 6.42. The molecule has 0 spiro atoms. The summed E-state index contributed by atoms with van der Waals surface area (Å²) in [6.45, 7) is 1.44. The zero-order valence-corrected chi connectivity index (χ0v) is 16.3. The Morgan fingerprint density at radius 3 is 2.23 bits per heavy atom. The van der Waals surface area contributed by atoms with Gasteiger partial charge in [-0.15, -0.1) is 12.4 Å². The number of rotatable bonds is 5. The fraction of sp³-hybridized carbons (Fsp3) is 0.316. The van der Waals surface area contributed by atoms with Crippen LogP contribution in [0.2, 0.25) is 10.0 Å². The maximum Gasteiger partial charge on any atom is 0.148 e. The number of halogens is 3. The minimum absolute atomic E-state index is 0. The summed E-state index contributed by atoms with van der Waals surface area (Å²) in [5.41, 5.74) is 6.30. The van der Waals surface area contributed by atoms with Crippen molar-refractivity contribution in [3.63, 3.8) is 0 Å². The van der Waals surface area contributed by atoms with E-state index >= 15 is 0 Å². The van der Waals surface area contributed by atoms with E-state index in [1.807, 2.05) is 12.1 Å². The van der Waals surface area contributed by atoms with Crippen LogP contribution in [-0.2, 0) is 15.1 Å². The molecule has 7 heteroatoms. The molecule has 1 atom stereocenters. The quantitative estimate of drug-likeness (QED) is 0.735. The van der Waals surface area contributed by atoms with Gasteiger partial charge in [0.1, 0.15) is 23.7 Å². The van der Waals surface area contributed by atoms with E-state index in [1.165, 1.54) is 0 Å². The number of nitrogens with two attached hydrogens (primary N) is 1. The summed E-state index contributed by atoms with van der Waals surface area (Å²) < 4.78 is 11.3. The molecule has 4 nitrogen and oxygen atoms in total. The lowest BCUT2D eigenvalue weighted by molar-refractivity contribution is -0.111. The lowest BCUT2D eigenvalue weighted by Gasteiger charge is -2.26. The first-order chi connectivity index (χ1) is 12.0. The molecule has 140 valence electrons. The fourth-order valence-electron chi connectivity index (χ4n) is 2.85. The number of hydrogen-bond acceptors (Lipinski definition) is 4. The molecule has 2 aromatic carbocycles. The van der Waals surface area contributed by atoms with Crippen LogP contribution in [0.4, 0.5) is 0 Å². The summed E-state index contributed by atoms with van der Waals surface area (Å²) in [6, 6.07) is 12.2. The average molecular weight is 417 g/mol. The average Bonchev–Trinajstić information content (AvgIpc) is 2.65. The predicted octanol–water partition coefficient (Wildman–Crippen LogP) is 4.37. The van der Waals surface area contributed by atoms with E-state index < -0.39 is 5.54 Å². The molecule has 1 heterocycles. The molecule has 26 heavy (non-hydrogen) atoms. The summed E-state index contributed by atoms with van der Waals surface area (Å²) in [7, 11) is 0. The molecule has 2 N–H and O–H groups in total. The van der Waals surface area contributed by atoms with Gasteiger partial charge in [-0.05, 0) is 35.4 Å². The van der Waals surface area contributed by atoms with Gasteiger partial charge < -0.3 is 20.0 Å². The summed E-state index contributed by atoms with van der Waals surface area (Å²) in [4.78, 5) is 11.8. The normalized spacial score (nSPS) is 17.0. The molecule has 0 aliphatic carbocycles. The predicted molar refractivity (Wildman–Crippen MR) is 106 cm³/mol. The standard InChI is InChI=1S/C19H19Cl2NO3.ClH/c20-17-6-3-14(11-18(17)21)19(22,12-23)13-1-4-15(5-2-13)25-16-7-9-24-10-8-16;/h1-6,11-12,16H,7-10,22H2;1H. The van der Waals surface area contributed by atoms with Crippen LogP contribution in [0.1, 0.15) is 24.0 Å². The Bertz CT molecular complexity index is 748. The van der Waals surface area contributed by atoms with Crippen molar-refractivity contribution in [3.05, 3.63) is 63.6 Å². The van der Waals surface area contributed by atoms with E-state index in [2.05, 4.69) is 0 Å². The van der Waals surface area contributed by atoms with Gasteiger partial charge in [0, 0.05) is 12.8 Å². The minimum atomic E-state index is -1.30. The van der Waals surface area contributed by atoms with Gasteiger partial charge in [-0.25, -0.2) is 0 Å². The SMILES string of the molecule is Cl.NC(C=O)(c1ccc(OC2CCOCC2)cc1)c1ccc(Cl)c(Cl)c1. The molecule has 0 bridgehead atoms. The second kappa shape index (κ2) is 9.07. The molecular formula is C19H20Cl3NO3. The second-order valence-corrected chi connectivity index (χ2v) is 6.88. The monoisotopic (exact) mass is 415 g/mol. The number of carbonyl (C=O) groups excluding carboxylic acids is 1. The first-order valence-corrected chi connectivity index (χ1v) is 8.84. The Morgan fingerprint density at radius 1 is 1.04 bits per heavy atom. The van der Waals surface area contributed by atoms with Crippen molar-refractivity contribution in [2.45, 2.75) is 24.5 Å². The van der Waals surface area contributed by atoms with Crippen LogP contribution in [0.25, 0.3) is 0 Å². The first-order valence-electron chi connectivity index (χ1n) is 8.08. The molecule has 0 saturated carbocycles. The van der Waals surface area contributed by atoms with E-state index in [0.29, 0.717) is 27.5 Å². The van der Waals surface area contributed by atoms with Crippen LogP contribution >= 0.6 is 35.6 Å². The molecular weight excluding hydrogens is 397 g/mol. The van der Waals surface area contributed by atoms with Crippen LogP contribution in [0, 0.1) is 0 Å². The topological polar surface area (TPSA) is 61.6 Å². The van der Waals surface area contributed by atoms with Gasteiger partial charge in [-0.2, -0.15) is 0 Å². The largest absolute Gasteiger partial charge is 0.490 e. The zero-order chi connectivity index (χ0) is 17.9. The highest BCUT2D eigenvalue weighted by Gasteiger charge is 2.30. The third-order valence-corrected chi connectivity index (χ3v) is 5.13. The van der Waals surface area contributed by atoms with Gasteiger partial charge in [-0.1, -0.05) is 41.4 Å². The lowest BCUT2D eigenvalue weighted by atomic mass is 9.85. The number of hydrogen-bond donors (Lipinski definition) is 1. The summed E-state index contributed by atoms with van der Waals surface area (Å²) in [6.07, 6.45) is 2.62. The van der Waals surface area contributed by atoms with E-state index in [0.717, 1.165) is 31.8 Å². The van der Waals surface area contributed by atoms with Gasteiger partial charge in [-0.3, -0.25) is 0 Å². The van der Waals surface area contributed by atoms with Gasteiger partial charge >= 0.3 is 0 Å². The smallest absolute Gasteiger partial charge is 0.148 e. The highest BCUT2D eigenvalue weighted by atomic mass is 35.5. The summed E-state index contributed by atoms with van der Waals surface area (Å²) in [5, 5.41) is 0.772. The van der Waals surface area contributed by atoms with Crippen LogP contribution in [-0.4, -0.2) is 25.6 Å². The number of ether oxygens (including phenoxy) is 2. The Kier molecular flexibility index (Phi) is 7.33. The zero-order valence-electron chi connectivity index (χ0n) is 14.0. The molecule has 3 rings (SSSR count). The maximum atomic E-state index is 11.8. The second-order valence-electron chi connectivity index (χ2n) is 6.07. The molecule has 1 saturated heterocycles. The van der Waals surface area contributed by atoms with E-state index in [9.17, 15) is 4.79 Å². The molecule has 1 aliphatic rings. The molecule has 1 fully saturated rings. The minimum Gasteiger partial charge on any atom is -0.490 e. The fourth-order valence-corrected chi connectivity index (χ4v) is 3.15. The van der Waals surface area contributed by atoms with Crippen LogP contribution < -0.4 is 10.5 Å². The third-order valence-electron chi connectivity index (χ3n) is 4.39. The van der Waals surface area contributed by atoms with Crippen molar-refractivity contribution in [3.8, 4) is 5.75 Å². The third kappa shape index (κ3) is 4.51. The van der Waals surface area contributed by atoms with E-state index in [1.54, 1.807) is 30.3 Å². The number of aldehydes is 1. The molecule has 0 aromatic heterocycles. The number of benzene rings is 2. The first kappa shape index (κ1) is 21.0. The van der Waals surface area contributed by atoms with Crippen LogP contribution in [0.3, 0.4) is 0 Å². The Morgan fingerprint density at radius 2 is 1.65 bits per heavy atom. The van der Waals surface area contributed by atoms with Gasteiger partial charge in [0.05, 0.1) is 23.3 Å². The molecule has 1 unspecified atom stereocenters. The molecule has 0 amide bonds. The van der Waals surface area contributed by atoms with Crippen molar-refractivity contribution >= 4 is 41.9 Å². The lowest BCUT2D eigenvalue weighted by Crippen LogP contribution is -2.39. The number of carbonyl (C=O) groups is 1. The maximum absolute atomic E-state index is 11.8. The van der Waals surface area contributed by atoms with Crippen LogP contribution in [0.5, 0.6) is 5.75 Å². The van der Waals surface area contributed by atoms with Crippen molar-refractivity contribution in [1.82, 2.24) is 0 Å². The summed E-state index contributed by atoms with van der Waals surface area (Å²) in [5.74, 6) is 0.748. The Balaban J connectivity index is 0.00000243. The van der Waals surface area contributed by atoms with Crippen LogP contribution in [0.15, 0.2) is 42.5 Å². The Hall–Kier alpha value is -1.30. The van der Waals surface area contributed by atoms with Gasteiger partial charge in [0.25, 0.3) is 0 Å². The van der Waals surface area contributed by atoms with Crippen molar-refractivity contribution in [2.75, 3.05) is 13.2 Å². The van der Waals surface area contributed by atoms with Crippen molar-refractivity contribution in [2.24, 2.45) is 5.73 Å². The van der Waals surface area contributed by atoms with Gasteiger partial charge in [0.15, 0.2) is 0 Å². The van der Waals surface area contributed by atoms with Crippen molar-refractivity contribution in [1.29, 1.82) is 0 Å². The molecule has 0 radical (unpaired) electrons. The summed E-state index contributed by atoms with van der Waals surface area (Å²) >= 11 is 12.0. The van der Waals surface area contributed by atoms with Crippen molar-refractivity contribution < 1.29 is 14.3 Å².